The minimum Gasteiger partial charge on any atom is -0.344 e. The van der Waals surface area contributed by atoms with Crippen molar-refractivity contribution < 1.29 is 18.8 Å². The second kappa shape index (κ2) is 8.26. The van der Waals surface area contributed by atoms with E-state index in [0.717, 1.165) is 22.5 Å². The van der Waals surface area contributed by atoms with Gasteiger partial charge in [0.15, 0.2) is 0 Å². The van der Waals surface area contributed by atoms with Crippen molar-refractivity contribution in [1.82, 2.24) is 10.3 Å². The molecule has 8 heteroatoms. The Balaban J connectivity index is 1.66. The van der Waals surface area contributed by atoms with E-state index >= 15 is 0 Å². The van der Waals surface area contributed by atoms with E-state index in [-0.39, 0.29) is 18.1 Å². The van der Waals surface area contributed by atoms with Gasteiger partial charge in [0.2, 0.25) is 5.91 Å². The van der Waals surface area contributed by atoms with Crippen LogP contribution in [-0.4, -0.2) is 22.7 Å². The summed E-state index contributed by atoms with van der Waals surface area (Å²) in [6.45, 7) is 1.40. The number of nitrogens with zero attached hydrogens (tertiary/aromatic N) is 1. The molecule has 0 aliphatic carbocycles. The Kier molecular flexibility index (Phi) is 5.59. The molecular weight excluding hydrogens is 363 g/mol. The third-order valence-electron chi connectivity index (χ3n) is 3.90. The van der Waals surface area contributed by atoms with Gasteiger partial charge in [0.25, 0.3) is 0 Å². The van der Waals surface area contributed by atoms with Gasteiger partial charge in [-0.25, -0.2) is 4.39 Å². The maximum atomic E-state index is 13.9. The number of anilines is 2. The average Bonchev–Trinajstić information content (AvgIpc) is 2.68. The summed E-state index contributed by atoms with van der Waals surface area (Å²) in [5.74, 6) is -3.01. The zero-order chi connectivity index (χ0) is 20.1. The normalized spacial score (nSPS) is 10.4. The van der Waals surface area contributed by atoms with E-state index in [2.05, 4.69) is 20.9 Å². The van der Waals surface area contributed by atoms with Crippen LogP contribution in [0.25, 0.3) is 10.9 Å². The molecule has 0 fully saturated rings. The van der Waals surface area contributed by atoms with E-state index in [1.54, 1.807) is 12.3 Å². The lowest BCUT2D eigenvalue weighted by molar-refractivity contribution is -0.136. The predicted molar refractivity (Wildman–Crippen MR) is 103 cm³/mol. The molecule has 0 atom stereocenters. The molecular formula is C20H17FN4O3. The molecule has 0 bridgehead atoms. The van der Waals surface area contributed by atoms with Crippen LogP contribution >= 0.6 is 0 Å². The van der Waals surface area contributed by atoms with E-state index < -0.39 is 17.6 Å². The summed E-state index contributed by atoms with van der Waals surface area (Å²) in [5, 5.41) is 8.09. The highest BCUT2D eigenvalue weighted by Crippen LogP contribution is 2.20. The zero-order valence-electron chi connectivity index (χ0n) is 15.0. The molecule has 0 aliphatic rings. The van der Waals surface area contributed by atoms with Crippen LogP contribution in [0, 0.1) is 5.82 Å². The Morgan fingerprint density at radius 3 is 2.57 bits per heavy atom. The molecule has 0 saturated carbocycles. The number of fused-ring (bicyclic) bond motifs is 1. The van der Waals surface area contributed by atoms with Crippen LogP contribution < -0.4 is 16.0 Å². The number of carbonyl (C=O) groups excluding carboxylic acids is 3. The average molecular weight is 380 g/mol. The van der Waals surface area contributed by atoms with Crippen LogP contribution in [0.3, 0.4) is 0 Å². The van der Waals surface area contributed by atoms with Gasteiger partial charge in [-0.3, -0.25) is 19.4 Å². The van der Waals surface area contributed by atoms with Gasteiger partial charge in [0, 0.05) is 30.7 Å². The third-order valence-corrected chi connectivity index (χ3v) is 3.90. The third kappa shape index (κ3) is 4.47. The van der Waals surface area contributed by atoms with Gasteiger partial charge >= 0.3 is 11.8 Å². The Morgan fingerprint density at radius 2 is 1.79 bits per heavy atom. The highest BCUT2D eigenvalue weighted by atomic mass is 19.1. The van der Waals surface area contributed by atoms with Crippen molar-refractivity contribution in [1.29, 1.82) is 0 Å². The van der Waals surface area contributed by atoms with Crippen molar-refractivity contribution in [3.8, 4) is 0 Å². The first kappa shape index (κ1) is 19.0. The van der Waals surface area contributed by atoms with Crippen LogP contribution in [0.2, 0.25) is 0 Å². The summed E-state index contributed by atoms with van der Waals surface area (Å²) >= 11 is 0. The molecule has 28 heavy (non-hydrogen) atoms. The molecule has 3 amide bonds. The Labute approximate surface area is 160 Å². The van der Waals surface area contributed by atoms with Gasteiger partial charge in [0.05, 0.1) is 11.2 Å². The fraction of sp³-hybridized carbons (Fsp3) is 0.100. The molecule has 3 rings (SSSR count). The Hall–Kier alpha value is -3.81. The fourth-order valence-electron chi connectivity index (χ4n) is 2.65. The Morgan fingerprint density at radius 1 is 1.00 bits per heavy atom. The van der Waals surface area contributed by atoms with Gasteiger partial charge in [-0.2, -0.15) is 0 Å². The van der Waals surface area contributed by atoms with Gasteiger partial charge < -0.3 is 16.0 Å². The predicted octanol–water partition coefficient (Wildman–Crippen LogP) is 2.59. The SMILES string of the molecule is CC(=O)Nc1ccc(F)c(NC(=O)C(=O)NCc2cccc3cccnc23)c1. The monoisotopic (exact) mass is 380 g/mol. The van der Waals surface area contributed by atoms with Crippen LogP contribution in [0.15, 0.2) is 54.7 Å². The number of amides is 3. The van der Waals surface area contributed by atoms with E-state index in [1.165, 1.54) is 19.1 Å². The second-order valence-corrected chi connectivity index (χ2v) is 6.00. The van der Waals surface area contributed by atoms with E-state index in [4.69, 9.17) is 0 Å². The topological polar surface area (TPSA) is 100 Å². The number of hydrogen-bond acceptors (Lipinski definition) is 4. The van der Waals surface area contributed by atoms with Crippen LogP contribution in [0.1, 0.15) is 12.5 Å². The summed E-state index contributed by atoms with van der Waals surface area (Å²) in [4.78, 5) is 39.6. The summed E-state index contributed by atoms with van der Waals surface area (Å²) in [6, 6.07) is 12.9. The molecule has 2 aromatic carbocycles. The summed E-state index contributed by atoms with van der Waals surface area (Å²) in [7, 11) is 0. The molecule has 7 nitrogen and oxygen atoms in total. The summed E-state index contributed by atoms with van der Waals surface area (Å²) in [6.07, 6.45) is 1.64. The number of aromatic nitrogens is 1. The molecule has 0 aliphatic heterocycles. The number of pyridine rings is 1. The number of nitrogens with one attached hydrogen (secondary N) is 3. The number of para-hydroxylation sites is 1. The van der Waals surface area contributed by atoms with Gasteiger partial charge in [-0.15, -0.1) is 0 Å². The lowest BCUT2D eigenvalue weighted by Gasteiger charge is -2.10. The van der Waals surface area contributed by atoms with Crippen molar-refractivity contribution in [3.63, 3.8) is 0 Å². The largest absolute Gasteiger partial charge is 0.344 e. The Bertz CT molecular complexity index is 1060. The van der Waals surface area contributed by atoms with Crippen molar-refractivity contribution in [2.24, 2.45) is 0 Å². The summed E-state index contributed by atoms with van der Waals surface area (Å²) < 4.78 is 13.9. The van der Waals surface area contributed by atoms with Crippen molar-refractivity contribution in [2.45, 2.75) is 13.5 Å². The van der Waals surface area contributed by atoms with Gasteiger partial charge in [0.1, 0.15) is 5.82 Å². The molecule has 0 spiro atoms. The van der Waals surface area contributed by atoms with Crippen LogP contribution in [-0.2, 0) is 20.9 Å². The maximum Gasteiger partial charge on any atom is 0.313 e. The number of hydrogen-bond donors (Lipinski definition) is 3. The molecule has 1 aromatic heterocycles. The van der Waals surface area contributed by atoms with E-state index in [1.807, 2.05) is 24.3 Å². The molecule has 1 heterocycles. The highest BCUT2D eigenvalue weighted by molar-refractivity contribution is 6.39. The quantitative estimate of drug-likeness (QED) is 0.606. The first-order valence-corrected chi connectivity index (χ1v) is 8.43. The molecule has 142 valence electrons. The van der Waals surface area contributed by atoms with Crippen molar-refractivity contribution >= 4 is 40.0 Å². The summed E-state index contributed by atoms with van der Waals surface area (Å²) in [5.41, 5.74) is 1.56. The lowest BCUT2D eigenvalue weighted by atomic mass is 10.1. The van der Waals surface area contributed by atoms with E-state index in [0.29, 0.717) is 5.69 Å². The second-order valence-electron chi connectivity index (χ2n) is 6.00. The molecule has 3 N–H and O–H groups in total. The van der Waals surface area contributed by atoms with Crippen molar-refractivity contribution in [2.75, 3.05) is 10.6 Å². The first-order chi connectivity index (χ1) is 13.4. The smallest absolute Gasteiger partial charge is 0.313 e. The standard InChI is InChI=1S/C20H17FN4O3/c1-12(26)24-15-7-8-16(21)17(10-15)25-20(28)19(27)23-11-14-5-2-4-13-6-3-9-22-18(13)14/h2-10H,11H2,1H3,(H,23,27)(H,24,26)(H,25,28). The van der Waals surface area contributed by atoms with Gasteiger partial charge in [-0.1, -0.05) is 24.3 Å². The van der Waals surface area contributed by atoms with Crippen LogP contribution in [0.5, 0.6) is 0 Å². The highest BCUT2D eigenvalue weighted by Gasteiger charge is 2.16. The number of rotatable bonds is 4. The fourth-order valence-corrected chi connectivity index (χ4v) is 2.65. The molecule has 0 radical (unpaired) electrons. The minimum absolute atomic E-state index is 0.0923. The number of benzene rings is 2. The number of halogens is 1. The number of carbonyl (C=O) groups is 3. The minimum atomic E-state index is -1.02. The van der Waals surface area contributed by atoms with Gasteiger partial charge in [-0.05, 0) is 29.8 Å². The van der Waals surface area contributed by atoms with E-state index in [9.17, 15) is 18.8 Å². The first-order valence-electron chi connectivity index (χ1n) is 8.43. The van der Waals surface area contributed by atoms with Crippen molar-refractivity contribution in [3.05, 3.63) is 66.1 Å². The lowest BCUT2D eigenvalue weighted by Crippen LogP contribution is -2.35. The van der Waals surface area contributed by atoms with Crippen LogP contribution in [0.4, 0.5) is 15.8 Å². The maximum absolute atomic E-state index is 13.9. The molecule has 0 unspecified atom stereocenters. The zero-order valence-corrected chi connectivity index (χ0v) is 15.0. The molecule has 0 saturated heterocycles. The molecule has 3 aromatic rings.